The van der Waals surface area contributed by atoms with E-state index < -0.39 is 12.6 Å². The first-order valence-electron chi connectivity index (χ1n) is 6.07. The molecule has 0 aromatic rings. The Morgan fingerprint density at radius 1 is 1.29 bits per heavy atom. The van der Waals surface area contributed by atoms with E-state index in [9.17, 15) is 18.0 Å². The predicted octanol–water partition coefficient (Wildman–Crippen LogP) is 1.98. The van der Waals surface area contributed by atoms with Gasteiger partial charge in [0.2, 0.25) is 5.91 Å². The largest absolute Gasteiger partial charge is 0.389 e. The molecule has 0 aromatic carbocycles. The molecule has 0 aromatic heterocycles. The fourth-order valence-corrected chi connectivity index (χ4v) is 1.88. The van der Waals surface area contributed by atoms with Crippen LogP contribution >= 0.6 is 0 Å². The lowest BCUT2D eigenvalue weighted by atomic mass is 10.1. The van der Waals surface area contributed by atoms with Crippen molar-refractivity contribution in [2.24, 2.45) is 0 Å². The van der Waals surface area contributed by atoms with Crippen LogP contribution in [0.2, 0.25) is 0 Å². The smallest absolute Gasteiger partial charge is 0.355 e. The molecule has 1 rings (SSSR count). The number of carbonyl (C=O) groups excluding carboxylic acids is 1. The molecule has 1 saturated heterocycles. The molecule has 0 radical (unpaired) electrons. The standard InChI is InChI=1S/C11H19F3N2O/c12-11(13,14)6-4-8-16-10(17)9-5-2-1-3-7-15-9/h9,15H,1-8H2,(H,16,17). The maximum Gasteiger partial charge on any atom is 0.389 e. The van der Waals surface area contributed by atoms with Crippen LogP contribution in [0.5, 0.6) is 0 Å². The Labute approximate surface area is 99.1 Å². The molecule has 1 fully saturated rings. The van der Waals surface area contributed by atoms with E-state index in [1.165, 1.54) is 0 Å². The normalized spacial score (nSPS) is 21.9. The van der Waals surface area contributed by atoms with Crippen molar-refractivity contribution in [3.8, 4) is 0 Å². The molecular formula is C11H19F3N2O. The lowest BCUT2D eigenvalue weighted by molar-refractivity contribution is -0.136. The summed E-state index contributed by atoms with van der Waals surface area (Å²) in [5.41, 5.74) is 0. The van der Waals surface area contributed by atoms with Crippen LogP contribution in [0.4, 0.5) is 13.2 Å². The van der Waals surface area contributed by atoms with Crippen molar-refractivity contribution in [2.45, 2.75) is 50.7 Å². The summed E-state index contributed by atoms with van der Waals surface area (Å²) < 4.78 is 35.6. The number of nitrogens with one attached hydrogen (secondary N) is 2. The summed E-state index contributed by atoms with van der Waals surface area (Å²) >= 11 is 0. The minimum absolute atomic E-state index is 0.0536. The van der Waals surface area contributed by atoms with Crippen molar-refractivity contribution >= 4 is 5.91 Å². The summed E-state index contributed by atoms with van der Waals surface area (Å²) in [6, 6.07) is -0.233. The van der Waals surface area contributed by atoms with Crippen LogP contribution in [-0.4, -0.2) is 31.2 Å². The van der Waals surface area contributed by atoms with Crippen LogP contribution in [0, 0.1) is 0 Å². The molecule has 0 aliphatic carbocycles. The molecule has 1 atom stereocenters. The number of hydrogen-bond donors (Lipinski definition) is 2. The monoisotopic (exact) mass is 252 g/mol. The van der Waals surface area contributed by atoms with Gasteiger partial charge in [-0.25, -0.2) is 0 Å². The molecular weight excluding hydrogens is 233 g/mol. The van der Waals surface area contributed by atoms with Crippen LogP contribution in [0.1, 0.15) is 38.5 Å². The summed E-state index contributed by atoms with van der Waals surface area (Å²) in [6.45, 7) is 0.900. The zero-order chi connectivity index (χ0) is 12.7. The average Bonchev–Trinajstić information content (AvgIpc) is 2.51. The maximum atomic E-state index is 11.9. The summed E-state index contributed by atoms with van der Waals surface area (Å²) in [4.78, 5) is 11.6. The lowest BCUT2D eigenvalue weighted by Gasteiger charge is -2.15. The molecule has 1 aliphatic heterocycles. The molecule has 100 valence electrons. The molecule has 0 bridgehead atoms. The molecule has 2 N–H and O–H groups in total. The van der Waals surface area contributed by atoms with E-state index in [-0.39, 0.29) is 24.9 Å². The van der Waals surface area contributed by atoms with E-state index in [2.05, 4.69) is 10.6 Å². The van der Waals surface area contributed by atoms with Crippen LogP contribution in [0.3, 0.4) is 0 Å². The van der Waals surface area contributed by atoms with Gasteiger partial charge in [0.1, 0.15) is 0 Å². The van der Waals surface area contributed by atoms with Gasteiger partial charge in [0.15, 0.2) is 0 Å². The Hall–Kier alpha value is -0.780. The fraction of sp³-hybridized carbons (Fsp3) is 0.909. The van der Waals surface area contributed by atoms with E-state index >= 15 is 0 Å². The number of rotatable bonds is 4. The zero-order valence-electron chi connectivity index (χ0n) is 9.78. The van der Waals surface area contributed by atoms with Gasteiger partial charge in [0, 0.05) is 13.0 Å². The fourth-order valence-electron chi connectivity index (χ4n) is 1.88. The average molecular weight is 252 g/mol. The highest BCUT2D eigenvalue weighted by atomic mass is 19.4. The summed E-state index contributed by atoms with van der Waals surface area (Å²) in [5, 5.41) is 5.66. The lowest BCUT2D eigenvalue weighted by Crippen LogP contribution is -2.44. The van der Waals surface area contributed by atoms with Crippen molar-refractivity contribution in [1.29, 1.82) is 0 Å². The van der Waals surface area contributed by atoms with Crippen molar-refractivity contribution in [3.63, 3.8) is 0 Å². The first-order chi connectivity index (χ1) is 7.99. The second-order valence-corrected chi connectivity index (χ2v) is 4.37. The molecule has 0 spiro atoms. The quantitative estimate of drug-likeness (QED) is 0.751. The van der Waals surface area contributed by atoms with Gasteiger partial charge in [-0.3, -0.25) is 4.79 Å². The Bertz CT molecular complexity index is 235. The van der Waals surface area contributed by atoms with E-state index in [1.54, 1.807) is 0 Å². The van der Waals surface area contributed by atoms with Gasteiger partial charge in [-0.1, -0.05) is 12.8 Å². The summed E-state index contributed by atoms with van der Waals surface area (Å²) in [7, 11) is 0. The van der Waals surface area contributed by atoms with Crippen LogP contribution < -0.4 is 10.6 Å². The predicted molar refractivity (Wildman–Crippen MR) is 58.6 cm³/mol. The van der Waals surface area contributed by atoms with Gasteiger partial charge in [0.25, 0.3) is 0 Å². The SMILES string of the molecule is O=C(NCCCC(F)(F)F)C1CCCCCN1. The minimum atomic E-state index is -4.13. The van der Waals surface area contributed by atoms with Crippen LogP contribution in [0.25, 0.3) is 0 Å². The molecule has 6 heteroatoms. The molecule has 0 saturated carbocycles. The highest BCUT2D eigenvalue weighted by Gasteiger charge is 2.26. The van der Waals surface area contributed by atoms with Gasteiger partial charge in [0.05, 0.1) is 6.04 Å². The zero-order valence-corrected chi connectivity index (χ0v) is 9.78. The second kappa shape index (κ2) is 6.83. The van der Waals surface area contributed by atoms with Crippen LogP contribution in [-0.2, 0) is 4.79 Å². The van der Waals surface area contributed by atoms with Crippen molar-refractivity contribution in [1.82, 2.24) is 10.6 Å². The number of hydrogen-bond acceptors (Lipinski definition) is 2. The number of amides is 1. The van der Waals surface area contributed by atoms with Gasteiger partial charge < -0.3 is 10.6 Å². The Morgan fingerprint density at radius 3 is 2.76 bits per heavy atom. The molecule has 1 heterocycles. The van der Waals surface area contributed by atoms with Crippen LogP contribution in [0.15, 0.2) is 0 Å². The highest BCUT2D eigenvalue weighted by Crippen LogP contribution is 2.20. The third kappa shape index (κ3) is 6.51. The number of halogens is 3. The second-order valence-electron chi connectivity index (χ2n) is 4.37. The molecule has 1 unspecified atom stereocenters. The summed E-state index contributed by atoms with van der Waals surface area (Å²) in [5.74, 6) is -0.172. The highest BCUT2D eigenvalue weighted by molar-refractivity contribution is 5.81. The van der Waals surface area contributed by atoms with Crippen molar-refractivity contribution in [3.05, 3.63) is 0 Å². The van der Waals surface area contributed by atoms with Crippen molar-refractivity contribution in [2.75, 3.05) is 13.1 Å². The maximum absolute atomic E-state index is 11.9. The summed E-state index contributed by atoms with van der Waals surface area (Å²) in [6.07, 6.45) is -1.11. The topological polar surface area (TPSA) is 41.1 Å². The molecule has 3 nitrogen and oxygen atoms in total. The number of carbonyl (C=O) groups is 1. The van der Waals surface area contributed by atoms with E-state index in [0.29, 0.717) is 0 Å². The first kappa shape index (κ1) is 14.3. The van der Waals surface area contributed by atoms with E-state index in [0.717, 1.165) is 32.2 Å². The first-order valence-corrected chi connectivity index (χ1v) is 6.07. The minimum Gasteiger partial charge on any atom is -0.355 e. The Morgan fingerprint density at radius 2 is 2.06 bits per heavy atom. The van der Waals surface area contributed by atoms with Crippen molar-refractivity contribution < 1.29 is 18.0 Å². The van der Waals surface area contributed by atoms with Gasteiger partial charge in [-0.15, -0.1) is 0 Å². The van der Waals surface area contributed by atoms with E-state index in [1.807, 2.05) is 0 Å². The van der Waals surface area contributed by atoms with E-state index in [4.69, 9.17) is 0 Å². The van der Waals surface area contributed by atoms with Gasteiger partial charge >= 0.3 is 6.18 Å². The molecule has 1 aliphatic rings. The Balaban J connectivity index is 2.15. The third-order valence-electron chi connectivity index (χ3n) is 2.81. The van der Waals surface area contributed by atoms with Gasteiger partial charge in [-0.05, 0) is 25.8 Å². The Kier molecular flexibility index (Phi) is 5.74. The molecule has 1 amide bonds. The number of alkyl halides is 3. The third-order valence-corrected chi connectivity index (χ3v) is 2.81. The molecule has 17 heavy (non-hydrogen) atoms. The van der Waals surface area contributed by atoms with Gasteiger partial charge in [-0.2, -0.15) is 13.2 Å².